The molecule has 0 N–H and O–H groups in total. The van der Waals surface area contributed by atoms with Crippen molar-refractivity contribution < 1.29 is 14.3 Å². The molecule has 6 rings (SSSR count). The lowest BCUT2D eigenvalue weighted by Gasteiger charge is -2.70. The number of carbonyl (C=O) groups is 1. The van der Waals surface area contributed by atoms with Gasteiger partial charge in [-0.3, -0.25) is 9.69 Å². The van der Waals surface area contributed by atoms with Crippen LogP contribution in [0.1, 0.15) is 65.2 Å². The lowest BCUT2D eigenvalue weighted by Crippen LogP contribution is -2.71. The fraction of sp³-hybridized carbons (Fsp3) is 0.875. The Labute approximate surface area is 169 Å². The lowest BCUT2D eigenvalue weighted by atomic mass is 9.38. The molecular formula is C24H35NO3. The molecule has 154 valence electrons. The van der Waals surface area contributed by atoms with Gasteiger partial charge in [0.05, 0.1) is 6.61 Å². The predicted molar refractivity (Wildman–Crippen MR) is 106 cm³/mol. The van der Waals surface area contributed by atoms with E-state index in [0.29, 0.717) is 17.3 Å². The van der Waals surface area contributed by atoms with E-state index in [-0.39, 0.29) is 29.1 Å². The van der Waals surface area contributed by atoms with E-state index in [4.69, 9.17) is 9.47 Å². The molecule has 0 unspecified atom stereocenters. The molecule has 0 aromatic rings. The Morgan fingerprint density at radius 2 is 2.07 bits per heavy atom. The Kier molecular flexibility index (Phi) is 3.61. The molecule has 4 heteroatoms. The average Bonchev–Trinajstić information content (AvgIpc) is 3.18. The van der Waals surface area contributed by atoms with Gasteiger partial charge in [-0.15, -0.1) is 0 Å². The summed E-state index contributed by atoms with van der Waals surface area (Å²) in [5.74, 6) is 1.77. The molecule has 0 amide bonds. The zero-order valence-corrected chi connectivity index (χ0v) is 17.5. The van der Waals surface area contributed by atoms with Crippen molar-refractivity contribution in [3.8, 4) is 0 Å². The maximum atomic E-state index is 12.0. The summed E-state index contributed by atoms with van der Waals surface area (Å²) in [5, 5.41) is 0. The van der Waals surface area contributed by atoms with Gasteiger partial charge in [0.15, 0.2) is 0 Å². The molecule has 4 bridgehead atoms. The summed E-state index contributed by atoms with van der Waals surface area (Å²) >= 11 is 0. The number of nitrogens with zero attached hydrogens (tertiary/aromatic N) is 1. The van der Waals surface area contributed by atoms with Crippen LogP contribution in [-0.4, -0.2) is 42.9 Å². The van der Waals surface area contributed by atoms with Crippen molar-refractivity contribution in [1.29, 1.82) is 0 Å². The number of piperidine rings is 1. The van der Waals surface area contributed by atoms with Gasteiger partial charge in [-0.05, 0) is 73.7 Å². The van der Waals surface area contributed by atoms with E-state index in [1.807, 2.05) is 0 Å². The Bertz CT molecular complexity index is 735. The summed E-state index contributed by atoms with van der Waals surface area (Å²) in [6.07, 6.45) is 10.4. The fourth-order valence-electron chi connectivity index (χ4n) is 9.64. The van der Waals surface area contributed by atoms with Gasteiger partial charge in [0.2, 0.25) is 0 Å². The molecule has 2 saturated heterocycles. The molecule has 4 saturated carbocycles. The highest BCUT2D eigenvalue weighted by Crippen LogP contribution is 2.75. The van der Waals surface area contributed by atoms with Gasteiger partial charge in [-0.1, -0.05) is 19.9 Å². The van der Waals surface area contributed by atoms with Gasteiger partial charge in [0.25, 0.3) is 0 Å². The molecule has 0 aromatic carbocycles. The first-order valence-corrected chi connectivity index (χ1v) is 11.6. The quantitative estimate of drug-likeness (QED) is 0.502. The van der Waals surface area contributed by atoms with Crippen LogP contribution in [0.3, 0.4) is 0 Å². The maximum Gasteiger partial charge on any atom is 0.303 e. The smallest absolute Gasteiger partial charge is 0.303 e. The Hall–Kier alpha value is -0.870. The van der Waals surface area contributed by atoms with Crippen molar-refractivity contribution in [2.75, 3.05) is 19.7 Å². The molecule has 4 aliphatic carbocycles. The van der Waals surface area contributed by atoms with Gasteiger partial charge in [0.1, 0.15) is 12.3 Å². The van der Waals surface area contributed by atoms with Crippen LogP contribution < -0.4 is 0 Å². The van der Waals surface area contributed by atoms with Crippen molar-refractivity contribution in [3.05, 3.63) is 12.2 Å². The van der Waals surface area contributed by atoms with Crippen LogP contribution >= 0.6 is 0 Å². The summed E-state index contributed by atoms with van der Waals surface area (Å²) in [6, 6.07) is 0. The minimum atomic E-state index is -0.137. The van der Waals surface area contributed by atoms with Crippen molar-refractivity contribution in [2.45, 2.75) is 77.5 Å². The third-order valence-corrected chi connectivity index (χ3v) is 10.2. The second-order valence-electron chi connectivity index (χ2n) is 11.2. The third-order valence-electron chi connectivity index (χ3n) is 10.2. The number of esters is 1. The van der Waals surface area contributed by atoms with Crippen LogP contribution in [0, 0.1) is 34.0 Å². The van der Waals surface area contributed by atoms with E-state index in [9.17, 15) is 4.79 Å². The lowest BCUT2D eigenvalue weighted by molar-refractivity contribution is -0.277. The molecular weight excluding hydrogens is 350 g/mol. The molecule has 1 spiro atoms. The number of carbonyl (C=O) groups excluding carboxylic acids is 1. The summed E-state index contributed by atoms with van der Waals surface area (Å²) in [7, 11) is 0. The van der Waals surface area contributed by atoms with E-state index in [2.05, 4.69) is 18.4 Å². The van der Waals surface area contributed by atoms with Crippen LogP contribution in [0.5, 0.6) is 0 Å². The van der Waals surface area contributed by atoms with Gasteiger partial charge in [-0.25, -0.2) is 0 Å². The van der Waals surface area contributed by atoms with Crippen LogP contribution in [0.15, 0.2) is 12.2 Å². The SMILES string of the molecule is C=C1[C@@H]2CC[C@@H]3[C@@](CC[C@@H]4[C@@]5(C)CCC[C@]43[C@H]3OCCN3C5)(C2)[C@@H]1OC(C)=O. The summed E-state index contributed by atoms with van der Waals surface area (Å²) in [4.78, 5) is 14.7. The van der Waals surface area contributed by atoms with Crippen LogP contribution in [0.25, 0.3) is 0 Å². The van der Waals surface area contributed by atoms with E-state index in [0.717, 1.165) is 19.1 Å². The number of hydrogen-bond donors (Lipinski definition) is 0. The normalized spacial score (nSPS) is 54.6. The average molecular weight is 386 g/mol. The molecule has 4 nitrogen and oxygen atoms in total. The maximum absolute atomic E-state index is 12.0. The molecule has 6 aliphatic rings. The Morgan fingerprint density at radius 1 is 1.21 bits per heavy atom. The summed E-state index contributed by atoms with van der Waals surface area (Å²) in [5.41, 5.74) is 1.99. The van der Waals surface area contributed by atoms with Crippen molar-refractivity contribution in [2.24, 2.45) is 34.0 Å². The van der Waals surface area contributed by atoms with Crippen molar-refractivity contribution >= 4 is 5.97 Å². The van der Waals surface area contributed by atoms with Crippen molar-refractivity contribution in [3.63, 3.8) is 0 Å². The molecule has 28 heavy (non-hydrogen) atoms. The highest BCUT2D eigenvalue weighted by atomic mass is 16.5. The second-order valence-corrected chi connectivity index (χ2v) is 11.2. The van der Waals surface area contributed by atoms with E-state index in [1.165, 1.54) is 63.5 Å². The Balaban J connectivity index is 1.50. The predicted octanol–water partition coefficient (Wildman–Crippen LogP) is 4.15. The highest BCUT2D eigenvalue weighted by Gasteiger charge is 2.73. The molecule has 6 fully saturated rings. The monoisotopic (exact) mass is 385 g/mol. The summed E-state index contributed by atoms with van der Waals surface area (Å²) in [6.45, 7) is 11.8. The van der Waals surface area contributed by atoms with Crippen LogP contribution in [0.2, 0.25) is 0 Å². The van der Waals surface area contributed by atoms with Crippen LogP contribution in [0.4, 0.5) is 0 Å². The van der Waals surface area contributed by atoms with Crippen LogP contribution in [-0.2, 0) is 14.3 Å². The van der Waals surface area contributed by atoms with Gasteiger partial charge in [-0.2, -0.15) is 0 Å². The number of rotatable bonds is 1. The topological polar surface area (TPSA) is 38.8 Å². The molecule has 2 aliphatic heterocycles. The van der Waals surface area contributed by atoms with E-state index < -0.39 is 0 Å². The standard InChI is InChI=1S/C24H35NO3/c1-15-17-5-6-19-23(13-17,20(15)28-16(2)26)10-7-18-22(3)8-4-9-24(18,19)21-25(14-22)11-12-27-21/h17-21H,1,4-14H2,2-3H3/t17-,18-,19-,20-,21-,22+,23-,24+/m1/s1. The van der Waals surface area contributed by atoms with Crippen molar-refractivity contribution in [1.82, 2.24) is 4.90 Å². The molecule has 8 atom stereocenters. The molecule has 0 aromatic heterocycles. The van der Waals surface area contributed by atoms with E-state index >= 15 is 0 Å². The first-order chi connectivity index (χ1) is 13.4. The number of fused-ring (bicyclic) bond motifs is 2. The minimum absolute atomic E-state index is 0.0669. The van der Waals surface area contributed by atoms with E-state index in [1.54, 1.807) is 6.92 Å². The first-order valence-electron chi connectivity index (χ1n) is 11.6. The second kappa shape index (κ2) is 5.63. The third kappa shape index (κ3) is 1.97. The highest BCUT2D eigenvalue weighted by molar-refractivity contribution is 5.67. The zero-order chi connectivity index (χ0) is 19.3. The van der Waals surface area contributed by atoms with Gasteiger partial charge in [0, 0.05) is 30.8 Å². The Morgan fingerprint density at radius 3 is 2.89 bits per heavy atom. The summed E-state index contributed by atoms with van der Waals surface area (Å²) < 4.78 is 12.6. The zero-order valence-electron chi connectivity index (χ0n) is 17.5. The first kappa shape index (κ1) is 17.9. The molecule has 2 heterocycles. The molecule has 0 radical (unpaired) electrons. The van der Waals surface area contributed by atoms with Gasteiger partial charge < -0.3 is 9.47 Å². The largest absolute Gasteiger partial charge is 0.457 e. The number of ether oxygens (including phenoxy) is 2. The minimum Gasteiger partial charge on any atom is -0.457 e. The fourth-order valence-corrected chi connectivity index (χ4v) is 9.64. The van der Waals surface area contributed by atoms with Gasteiger partial charge >= 0.3 is 5.97 Å². The number of hydrogen-bond acceptors (Lipinski definition) is 4.